The Morgan fingerprint density at radius 1 is 1.30 bits per heavy atom. The first-order valence-electron chi connectivity index (χ1n) is 6.95. The summed E-state index contributed by atoms with van der Waals surface area (Å²) in [6, 6.07) is 7.40. The van der Waals surface area contributed by atoms with Crippen LogP contribution < -0.4 is 10.1 Å². The van der Waals surface area contributed by atoms with E-state index in [9.17, 15) is 9.59 Å². The van der Waals surface area contributed by atoms with Crippen molar-refractivity contribution in [1.82, 2.24) is 9.78 Å². The summed E-state index contributed by atoms with van der Waals surface area (Å²) < 4.78 is 8.07. The molecule has 0 saturated carbocycles. The van der Waals surface area contributed by atoms with Crippen LogP contribution in [0.5, 0.6) is 5.75 Å². The van der Waals surface area contributed by atoms with Gasteiger partial charge in [-0.25, -0.2) is 0 Å². The zero-order valence-corrected chi connectivity index (χ0v) is 14.4. The molecule has 2 rings (SSSR count). The van der Waals surface area contributed by atoms with E-state index < -0.39 is 5.97 Å². The molecule has 8 heteroatoms. The van der Waals surface area contributed by atoms with E-state index in [0.29, 0.717) is 24.4 Å². The SMILES string of the molecule is O=C(O)CCCn1cc(NC(=O)COc2ccc(I)cc2)cn1. The lowest BCUT2D eigenvalue weighted by Gasteiger charge is -2.06. The highest BCUT2D eigenvalue weighted by Crippen LogP contribution is 2.13. The van der Waals surface area contributed by atoms with Gasteiger partial charge in [0.25, 0.3) is 5.91 Å². The van der Waals surface area contributed by atoms with Crippen molar-refractivity contribution in [3.63, 3.8) is 0 Å². The molecule has 122 valence electrons. The topological polar surface area (TPSA) is 93.5 Å². The predicted octanol–water partition coefficient (Wildman–Crippen LogP) is 2.37. The molecule has 23 heavy (non-hydrogen) atoms. The van der Waals surface area contributed by atoms with E-state index in [1.807, 2.05) is 12.1 Å². The van der Waals surface area contributed by atoms with Crippen molar-refractivity contribution < 1.29 is 19.4 Å². The van der Waals surface area contributed by atoms with Crippen molar-refractivity contribution in [2.24, 2.45) is 0 Å². The number of hydrogen-bond donors (Lipinski definition) is 2. The third-order valence-corrected chi connectivity index (χ3v) is 3.60. The number of halogens is 1. The fourth-order valence-electron chi connectivity index (χ4n) is 1.82. The standard InChI is InChI=1S/C15H16IN3O4/c16-11-3-5-13(6-4-11)23-10-14(20)18-12-8-17-19(9-12)7-1-2-15(21)22/h3-6,8-9H,1-2,7,10H2,(H,18,20)(H,21,22). The van der Waals surface area contributed by atoms with Crippen LogP contribution in [0.1, 0.15) is 12.8 Å². The number of hydrogen-bond acceptors (Lipinski definition) is 4. The summed E-state index contributed by atoms with van der Waals surface area (Å²) in [7, 11) is 0. The van der Waals surface area contributed by atoms with E-state index in [1.165, 1.54) is 6.20 Å². The second-order valence-corrected chi connectivity index (χ2v) is 6.03. The van der Waals surface area contributed by atoms with Gasteiger partial charge in [-0.3, -0.25) is 14.3 Å². The van der Waals surface area contributed by atoms with Gasteiger partial charge < -0.3 is 15.2 Å². The Kier molecular flexibility index (Phi) is 6.39. The molecule has 1 heterocycles. The van der Waals surface area contributed by atoms with E-state index in [4.69, 9.17) is 9.84 Å². The minimum absolute atomic E-state index is 0.0887. The van der Waals surface area contributed by atoms with Gasteiger partial charge in [0, 0.05) is 22.7 Å². The number of aliphatic carboxylic acids is 1. The van der Waals surface area contributed by atoms with Crippen molar-refractivity contribution in [2.75, 3.05) is 11.9 Å². The number of carbonyl (C=O) groups is 2. The molecule has 7 nitrogen and oxygen atoms in total. The maximum Gasteiger partial charge on any atom is 0.303 e. The maximum absolute atomic E-state index is 11.8. The first-order valence-corrected chi connectivity index (χ1v) is 8.03. The van der Waals surface area contributed by atoms with E-state index >= 15 is 0 Å². The first-order chi connectivity index (χ1) is 11.0. The zero-order valence-electron chi connectivity index (χ0n) is 12.2. The van der Waals surface area contributed by atoms with Crippen molar-refractivity contribution in [1.29, 1.82) is 0 Å². The molecular weight excluding hydrogens is 413 g/mol. The van der Waals surface area contributed by atoms with E-state index in [0.717, 1.165) is 3.57 Å². The number of anilines is 1. The van der Waals surface area contributed by atoms with Crippen molar-refractivity contribution >= 4 is 40.2 Å². The smallest absolute Gasteiger partial charge is 0.303 e. The molecule has 0 spiro atoms. The minimum Gasteiger partial charge on any atom is -0.484 e. The van der Waals surface area contributed by atoms with E-state index in [-0.39, 0.29) is 18.9 Å². The van der Waals surface area contributed by atoms with Crippen LogP contribution in [-0.2, 0) is 16.1 Å². The number of carbonyl (C=O) groups excluding carboxylic acids is 1. The molecular formula is C15H16IN3O4. The fourth-order valence-corrected chi connectivity index (χ4v) is 2.18. The Balaban J connectivity index is 1.75. The average Bonchev–Trinajstić information content (AvgIpc) is 2.94. The molecule has 0 radical (unpaired) electrons. The summed E-state index contributed by atoms with van der Waals surface area (Å²) >= 11 is 2.19. The van der Waals surface area contributed by atoms with Gasteiger partial charge in [0.15, 0.2) is 6.61 Å². The normalized spacial score (nSPS) is 10.3. The number of amides is 1. The molecule has 1 aromatic heterocycles. The van der Waals surface area contributed by atoms with Crippen LogP contribution in [0.4, 0.5) is 5.69 Å². The molecule has 2 aromatic rings. The van der Waals surface area contributed by atoms with Gasteiger partial charge >= 0.3 is 5.97 Å². The largest absolute Gasteiger partial charge is 0.484 e. The number of nitrogens with one attached hydrogen (secondary N) is 1. The lowest BCUT2D eigenvalue weighted by molar-refractivity contribution is -0.137. The van der Waals surface area contributed by atoms with Crippen LogP contribution in [0, 0.1) is 3.57 Å². The summed E-state index contributed by atoms with van der Waals surface area (Å²) in [5.74, 6) is -0.489. The molecule has 0 saturated heterocycles. The molecule has 2 N–H and O–H groups in total. The van der Waals surface area contributed by atoms with Gasteiger partial charge in [0.2, 0.25) is 0 Å². The third kappa shape index (κ3) is 6.27. The summed E-state index contributed by atoms with van der Waals surface area (Å²) in [6.45, 7) is 0.395. The summed E-state index contributed by atoms with van der Waals surface area (Å²) in [6.07, 6.45) is 3.75. The Hall–Kier alpha value is -2.10. The summed E-state index contributed by atoms with van der Waals surface area (Å²) in [4.78, 5) is 22.3. The first kappa shape index (κ1) is 17.3. The molecule has 1 aromatic carbocycles. The van der Waals surface area contributed by atoms with Crippen LogP contribution in [0.15, 0.2) is 36.7 Å². The lowest BCUT2D eigenvalue weighted by Crippen LogP contribution is -2.19. The number of benzene rings is 1. The number of rotatable bonds is 8. The van der Waals surface area contributed by atoms with Crippen LogP contribution in [-0.4, -0.2) is 33.4 Å². The molecule has 0 aliphatic carbocycles. The highest BCUT2D eigenvalue weighted by molar-refractivity contribution is 14.1. The van der Waals surface area contributed by atoms with Gasteiger partial charge in [-0.15, -0.1) is 0 Å². The Labute approximate surface area is 146 Å². The molecule has 0 unspecified atom stereocenters. The molecule has 1 amide bonds. The van der Waals surface area contributed by atoms with Crippen LogP contribution in [0.25, 0.3) is 0 Å². The minimum atomic E-state index is -0.835. The molecule has 0 bridgehead atoms. The number of aromatic nitrogens is 2. The Bertz CT molecular complexity index is 670. The van der Waals surface area contributed by atoms with Gasteiger partial charge in [0.1, 0.15) is 5.75 Å². The van der Waals surface area contributed by atoms with Gasteiger partial charge in [-0.2, -0.15) is 5.10 Å². The van der Waals surface area contributed by atoms with Gasteiger partial charge in [-0.05, 0) is 53.3 Å². The molecule has 0 aliphatic heterocycles. The lowest BCUT2D eigenvalue weighted by atomic mass is 10.3. The fraction of sp³-hybridized carbons (Fsp3) is 0.267. The number of carboxylic acids is 1. The van der Waals surface area contributed by atoms with Gasteiger partial charge in [-0.1, -0.05) is 0 Å². The zero-order chi connectivity index (χ0) is 16.7. The number of nitrogens with zero attached hydrogens (tertiary/aromatic N) is 2. The van der Waals surface area contributed by atoms with E-state index in [1.54, 1.807) is 23.0 Å². The van der Waals surface area contributed by atoms with Crippen molar-refractivity contribution in [2.45, 2.75) is 19.4 Å². The molecule has 0 aliphatic rings. The number of ether oxygens (including phenoxy) is 1. The molecule has 0 fully saturated rings. The third-order valence-electron chi connectivity index (χ3n) is 2.88. The summed E-state index contributed by atoms with van der Waals surface area (Å²) in [5, 5.41) is 15.3. The van der Waals surface area contributed by atoms with Crippen LogP contribution >= 0.6 is 22.6 Å². The van der Waals surface area contributed by atoms with Crippen molar-refractivity contribution in [3.8, 4) is 5.75 Å². The second-order valence-electron chi connectivity index (χ2n) is 4.78. The summed E-state index contributed by atoms with van der Waals surface area (Å²) in [5.41, 5.74) is 0.552. The van der Waals surface area contributed by atoms with Crippen LogP contribution in [0.3, 0.4) is 0 Å². The van der Waals surface area contributed by atoms with Gasteiger partial charge in [0.05, 0.1) is 11.9 Å². The number of aryl methyl sites for hydroxylation is 1. The maximum atomic E-state index is 11.8. The number of carboxylic acid groups (broad SMARTS) is 1. The Morgan fingerprint density at radius 3 is 2.74 bits per heavy atom. The monoisotopic (exact) mass is 429 g/mol. The Morgan fingerprint density at radius 2 is 2.04 bits per heavy atom. The van der Waals surface area contributed by atoms with Crippen molar-refractivity contribution in [3.05, 3.63) is 40.2 Å². The quantitative estimate of drug-likeness (QED) is 0.629. The average molecular weight is 429 g/mol. The highest BCUT2D eigenvalue weighted by atomic mass is 127. The second kappa shape index (κ2) is 8.51. The van der Waals surface area contributed by atoms with Crippen LogP contribution in [0.2, 0.25) is 0 Å². The predicted molar refractivity (Wildman–Crippen MR) is 92.4 cm³/mol. The van der Waals surface area contributed by atoms with E-state index in [2.05, 4.69) is 33.0 Å². The molecule has 0 atom stereocenters. The highest BCUT2D eigenvalue weighted by Gasteiger charge is 2.06.